The van der Waals surface area contributed by atoms with Crippen molar-refractivity contribution < 1.29 is 0 Å². The summed E-state index contributed by atoms with van der Waals surface area (Å²) in [7, 11) is 1.83. The van der Waals surface area contributed by atoms with Crippen LogP contribution in [0.5, 0.6) is 0 Å². The molecule has 2 rings (SSSR count). The average Bonchev–Trinajstić information content (AvgIpc) is 2.89. The summed E-state index contributed by atoms with van der Waals surface area (Å²) in [5.41, 5.74) is 1.12. The number of halogens is 1. The molecule has 1 aliphatic heterocycles. The quantitative estimate of drug-likeness (QED) is 0.385. The second-order valence-electron chi connectivity index (χ2n) is 6.26. The molecule has 0 atom stereocenters. The van der Waals surface area contributed by atoms with E-state index < -0.39 is 0 Å². The van der Waals surface area contributed by atoms with Crippen LogP contribution in [0.3, 0.4) is 0 Å². The van der Waals surface area contributed by atoms with Gasteiger partial charge < -0.3 is 15.5 Å². The Kier molecular flexibility index (Phi) is 10.1. The van der Waals surface area contributed by atoms with Crippen molar-refractivity contribution in [2.75, 3.05) is 33.2 Å². The number of nitrogens with one attached hydrogen (secondary N) is 2. The van der Waals surface area contributed by atoms with E-state index in [0.29, 0.717) is 0 Å². The molecule has 1 fully saturated rings. The molecule has 1 saturated heterocycles. The fourth-order valence-corrected chi connectivity index (χ4v) is 3.98. The standard InChI is InChI=1S/C17H31N5S.HI/c1-5-22-10-7-15(8-11-22)6-9-19-17(18-4)20-12-16-13(2)21-14(3)23-16;/h15H,5-12H2,1-4H3,(H2,18,19,20);1H. The van der Waals surface area contributed by atoms with Crippen molar-refractivity contribution in [2.45, 2.75) is 46.6 Å². The number of thiazole rings is 1. The highest BCUT2D eigenvalue weighted by molar-refractivity contribution is 14.0. The molecule has 7 heteroatoms. The molecule has 0 aromatic carbocycles. The van der Waals surface area contributed by atoms with Crippen LogP contribution in [-0.4, -0.2) is 49.1 Å². The van der Waals surface area contributed by atoms with E-state index in [2.05, 4.69) is 46.3 Å². The molecule has 1 aromatic rings. The van der Waals surface area contributed by atoms with E-state index in [1.165, 1.54) is 43.8 Å². The Labute approximate surface area is 167 Å². The Balaban J connectivity index is 0.00000288. The molecular weight excluding hydrogens is 433 g/mol. The molecular formula is C17H32IN5S. The lowest BCUT2D eigenvalue weighted by atomic mass is 9.93. The van der Waals surface area contributed by atoms with Gasteiger partial charge in [-0.3, -0.25) is 4.99 Å². The lowest BCUT2D eigenvalue weighted by Crippen LogP contribution is -2.39. The number of likely N-dealkylation sites (tertiary alicyclic amines) is 1. The number of aryl methyl sites for hydroxylation is 2. The lowest BCUT2D eigenvalue weighted by molar-refractivity contribution is 0.187. The topological polar surface area (TPSA) is 52.5 Å². The minimum Gasteiger partial charge on any atom is -0.356 e. The molecule has 24 heavy (non-hydrogen) atoms. The summed E-state index contributed by atoms with van der Waals surface area (Å²) >= 11 is 1.75. The molecule has 0 unspecified atom stereocenters. The average molecular weight is 465 g/mol. The van der Waals surface area contributed by atoms with Crippen molar-refractivity contribution in [2.24, 2.45) is 10.9 Å². The largest absolute Gasteiger partial charge is 0.356 e. The fraction of sp³-hybridized carbons (Fsp3) is 0.765. The number of piperidine rings is 1. The van der Waals surface area contributed by atoms with Crippen molar-refractivity contribution in [1.82, 2.24) is 20.5 Å². The zero-order valence-electron chi connectivity index (χ0n) is 15.4. The summed E-state index contributed by atoms with van der Waals surface area (Å²) in [6, 6.07) is 0. The highest BCUT2D eigenvalue weighted by Crippen LogP contribution is 2.19. The number of aromatic nitrogens is 1. The molecule has 0 amide bonds. The van der Waals surface area contributed by atoms with Crippen LogP contribution in [0.4, 0.5) is 0 Å². The van der Waals surface area contributed by atoms with Gasteiger partial charge in [0.2, 0.25) is 0 Å². The zero-order chi connectivity index (χ0) is 16.7. The van der Waals surface area contributed by atoms with Crippen molar-refractivity contribution in [3.05, 3.63) is 15.6 Å². The lowest BCUT2D eigenvalue weighted by Gasteiger charge is -2.31. The van der Waals surface area contributed by atoms with Gasteiger partial charge in [0.05, 0.1) is 17.2 Å². The summed E-state index contributed by atoms with van der Waals surface area (Å²) in [4.78, 5) is 12.6. The first kappa shape index (κ1) is 21.6. The number of rotatable bonds is 6. The van der Waals surface area contributed by atoms with Crippen LogP contribution in [0.1, 0.15) is 41.8 Å². The Morgan fingerprint density at radius 2 is 2.00 bits per heavy atom. The number of guanidine groups is 1. The summed E-state index contributed by atoms with van der Waals surface area (Å²) in [6.45, 7) is 11.9. The highest BCUT2D eigenvalue weighted by atomic mass is 127. The van der Waals surface area contributed by atoms with Crippen LogP contribution in [-0.2, 0) is 6.54 Å². The van der Waals surface area contributed by atoms with Gasteiger partial charge in [-0.2, -0.15) is 0 Å². The van der Waals surface area contributed by atoms with Gasteiger partial charge >= 0.3 is 0 Å². The van der Waals surface area contributed by atoms with Crippen LogP contribution in [0.25, 0.3) is 0 Å². The maximum atomic E-state index is 4.47. The summed E-state index contributed by atoms with van der Waals surface area (Å²) < 4.78 is 0. The van der Waals surface area contributed by atoms with E-state index in [4.69, 9.17) is 0 Å². The van der Waals surface area contributed by atoms with Crippen molar-refractivity contribution in [1.29, 1.82) is 0 Å². The third-order valence-electron chi connectivity index (χ3n) is 4.64. The van der Waals surface area contributed by atoms with Gasteiger partial charge in [0.1, 0.15) is 0 Å². The molecule has 0 spiro atoms. The van der Waals surface area contributed by atoms with E-state index in [0.717, 1.165) is 35.7 Å². The Hall–Kier alpha value is -0.410. The third-order valence-corrected chi connectivity index (χ3v) is 5.71. The minimum atomic E-state index is 0. The van der Waals surface area contributed by atoms with Gasteiger partial charge in [-0.05, 0) is 58.7 Å². The first-order valence-electron chi connectivity index (χ1n) is 8.72. The monoisotopic (exact) mass is 465 g/mol. The van der Waals surface area contributed by atoms with Gasteiger partial charge in [0.15, 0.2) is 5.96 Å². The van der Waals surface area contributed by atoms with Crippen molar-refractivity contribution >= 4 is 41.3 Å². The van der Waals surface area contributed by atoms with E-state index in [1.54, 1.807) is 11.3 Å². The van der Waals surface area contributed by atoms with E-state index in [9.17, 15) is 0 Å². The molecule has 138 valence electrons. The maximum Gasteiger partial charge on any atom is 0.191 e. The third kappa shape index (κ3) is 6.84. The Morgan fingerprint density at radius 3 is 2.54 bits per heavy atom. The number of aliphatic imine (C=N–C) groups is 1. The van der Waals surface area contributed by atoms with E-state index in [-0.39, 0.29) is 24.0 Å². The molecule has 0 bridgehead atoms. The fourth-order valence-electron chi connectivity index (χ4n) is 3.11. The first-order valence-corrected chi connectivity index (χ1v) is 9.53. The summed E-state index contributed by atoms with van der Waals surface area (Å²) in [6.07, 6.45) is 3.90. The number of hydrogen-bond donors (Lipinski definition) is 2. The number of nitrogens with zero attached hydrogens (tertiary/aromatic N) is 3. The molecule has 0 aliphatic carbocycles. The highest BCUT2D eigenvalue weighted by Gasteiger charge is 2.17. The van der Waals surface area contributed by atoms with Gasteiger partial charge in [-0.1, -0.05) is 6.92 Å². The van der Waals surface area contributed by atoms with Crippen molar-refractivity contribution in [3.8, 4) is 0 Å². The summed E-state index contributed by atoms with van der Waals surface area (Å²) in [5, 5.41) is 7.97. The van der Waals surface area contributed by atoms with Gasteiger partial charge in [0, 0.05) is 18.5 Å². The molecule has 5 nitrogen and oxygen atoms in total. The van der Waals surface area contributed by atoms with Crippen LogP contribution < -0.4 is 10.6 Å². The maximum absolute atomic E-state index is 4.47. The smallest absolute Gasteiger partial charge is 0.191 e. The molecule has 0 saturated carbocycles. The predicted octanol–water partition coefficient (Wildman–Crippen LogP) is 3.16. The SMILES string of the molecule is CCN1CCC(CCNC(=NC)NCc2sc(C)nc2C)CC1.I. The molecule has 2 heterocycles. The Morgan fingerprint density at radius 1 is 1.29 bits per heavy atom. The van der Waals surface area contributed by atoms with E-state index in [1.807, 2.05) is 7.05 Å². The van der Waals surface area contributed by atoms with Gasteiger partial charge in [0.25, 0.3) is 0 Å². The van der Waals surface area contributed by atoms with Gasteiger partial charge in [-0.25, -0.2) is 4.98 Å². The van der Waals surface area contributed by atoms with Crippen molar-refractivity contribution in [3.63, 3.8) is 0 Å². The molecule has 1 aliphatic rings. The zero-order valence-corrected chi connectivity index (χ0v) is 18.5. The van der Waals surface area contributed by atoms with Crippen LogP contribution in [0, 0.1) is 19.8 Å². The molecule has 1 aromatic heterocycles. The predicted molar refractivity (Wildman–Crippen MR) is 115 cm³/mol. The number of hydrogen-bond acceptors (Lipinski definition) is 4. The second kappa shape index (κ2) is 11.3. The summed E-state index contributed by atoms with van der Waals surface area (Å²) in [5.74, 6) is 1.75. The van der Waals surface area contributed by atoms with Crippen LogP contribution in [0.15, 0.2) is 4.99 Å². The normalized spacial score (nSPS) is 16.8. The first-order chi connectivity index (χ1) is 11.1. The second-order valence-corrected chi connectivity index (χ2v) is 7.55. The molecule has 0 radical (unpaired) electrons. The van der Waals surface area contributed by atoms with E-state index >= 15 is 0 Å². The molecule has 2 N–H and O–H groups in total. The Bertz CT molecular complexity index is 509. The minimum absolute atomic E-state index is 0. The van der Waals surface area contributed by atoms with Crippen LogP contribution >= 0.6 is 35.3 Å². The van der Waals surface area contributed by atoms with Gasteiger partial charge in [-0.15, -0.1) is 35.3 Å². The van der Waals surface area contributed by atoms with Crippen LogP contribution in [0.2, 0.25) is 0 Å².